The first-order valence-electron chi connectivity index (χ1n) is 6.84. The molecule has 0 amide bonds. The number of carbonyl (C=O) groups excluding carboxylic acids is 1. The molecule has 0 N–H and O–H groups in total. The van der Waals surface area contributed by atoms with Crippen LogP contribution in [-0.4, -0.2) is 28.3 Å². The molecule has 1 aliphatic rings. The van der Waals surface area contributed by atoms with E-state index in [9.17, 15) is 4.79 Å². The molecule has 1 fully saturated rings. The Balaban J connectivity index is 2.17. The third-order valence-corrected chi connectivity index (χ3v) is 3.81. The van der Waals surface area contributed by atoms with Crippen LogP contribution in [0.5, 0.6) is 0 Å². The van der Waals surface area contributed by atoms with E-state index in [1.54, 1.807) is 13.3 Å². The van der Waals surface area contributed by atoms with Gasteiger partial charge in [-0.05, 0) is 19.3 Å². The third kappa shape index (κ3) is 2.48. The molecular formula is C14H22N2O2. The maximum absolute atomic E-state index is 12.6. The third-order valence-electron chi connectivity index (χ3n) is 3.81. The van der Waals surface area contributed by atoms with Gasteiger partial charge in [0.15, 0.2) is 5.78 Å². The van der Waals surface area contributed by atoms with E-state index in [1.807, 2.05) is 10.9 Å². The molecule has 0 saturated heterocycles. The molecule has 100 valence electrons. The number of aromatic nitrogens is 2. The lowest BCUT2D eigenvalue weighted by Gasteiger charge is -2.34. The molecule has 18 heavy (non-hydrogen) atoms. The fourth-order valence-electron chi connectivity index (χ4n) is 2.74. The molecule has 1 aromatic heterocycles. The predicted octanol–water partition coefficient (Wildman–Crippen LogP) is 2.83. The molecule has 0 atom stereocenters. The number of ketones is 1. The maximum Gasteiger partial charge on any atom is 0.197 e. The van der Waals surface area contributed by atoms with Crippen molar-refractivity contribution in [1.29, 1.82) is 0 Å². The number of ether oxygens (including phenoxy) is 1. The van der Waals surface area contributed by atoms with E-state index in [1.165, 1.54) is 6.42 Å². The Hall–Kier alpha value is -1.16. The lowest BCUT2D eigenvalue weighted by molar-refractivity contribution is -0.0194. The molecule has 2 rings (SSSR count). The Bertz CT molecular complexity index is 406. The highest BCUT2D eigenvalue weighted by Gasteiger charge is 2.40. The van der Waals surface area contributed by atoms with Crippen LogP contribution in [0.1, 0.15) is 55.8 Å². The zero-order chi connectivity index (χ0) is 13.0. The second kappa shape index (κ2) is 5.65. The monoisotopic (exact) mass is 250 g/mol. The first kappa shape index (κ1) is 13.3. The summed E-state index contributed by atoms with van der Waals surface area (Å²) in [6.07, 6.45) is 9.56. The van der Waals surface area contributed by atoms with Gasteiger partial charge in [-0.2, -0.15) is 5.10 Å². The Labute approximate surface area is 108 Å². The fourth-order valence-corrected chi connectivity index (χ4v) is 2.74. The van der Waals surface area contributed by atoms with Crippen LogP contribution in [0.3, 0.4) is 0 Å². The second-order valence-electron chi connectivity index (χ2n) is 5.08. The number of aryl methyl sites for hydroxylation is 1. The highest BCUT2D eigenvalue weighted by atomic mass is 16.5. The van der Waals surface area contributed by atoms with Gasteiger partial charge < -0.3 is 4.74 Å². The number of hydrogen-bond acceptors (Lipinski definition) is 3. The van der Waals surface area contributed by atoms with E-state index in [4.69, 9.17) is 4.74 Å². The van der Waals surface area contributed by atoms with Crippen molar-refractivity contribution in [2.45, 2.75) is 57.6 Å². The van der Waals surface area contributed by atoms with Crippen molar-refractivity contribution in [2.75, 3.05) is 7.11 Å². The van der Waals surface area contributed by atoms with Gasteiger partial charge in [0, 0.05) is 19.9 Å². The van der Waals surface area contributed by atoms with E-state index < -0.39 is 5.60 Å². The smallest absolute Gasteiger partial charge is 0.197 e. The van der Waals surface area contributed by atoms with Crippen molar-refractivity contribution in [1.82, 2.24) is 9.78 Å². The van der Waals surface area contributed by atoms with E-state index in [2.05, 4.69) is 12.0 Å². The van der Waals surface area contributed by atoms with Gasteiger partial charge in [0.1, 0.15) is 5.60 Å². The van der Waals surface area contributed by atoms with Gasteiger partial charge in [-0.25, -0.2) is 0 Å². The molecule has 1 saturated carbocycles. The Kier molecular flexibility index (Phi) is 4.17. The molecule has 1 heterocycles. The summed E-state index contributed by atoms with van der Waals surface area (Å²) in [4.78, 5) is 12.6. The van der Waals surface area contributed by atoms with Crippen molar-refractivity contribution < 1.29 is 9.53 Å². The summed E-state index contributed by atoms with van der Waals surface area (Å²) in [7, 11) is 1.65. The summed E-state index contributed by atoms with van der Waals surface area (Å²) < 4.78 is 7.41. The molecule has 0 bridgehead atoms. The van der Waals surface area contributed by atoms with Crippen molar-refractivity contribution in [3.8, 4) is 0 Å². The fraction of sp³-hybridized carbons (Fsp3) is 0.714. The van der Waals surface area contributed by atoms with E-state index in [0.717, 1.165) is 38.6 Å². The standard InChI is InChI=1S/C14H22N2O2/c1-3-9-16-11-12(10-15-16)13(17)14(18-2)7-5-4-6-8-14/h10-11H,3-9H2,1-2H3. The highest BCUT2D eigenvalue weighted by molar-refractivity contribution is 6.02. The van der Waals surface area contributed by atoms with Crippen LogP contribution in [0.2, 0.25) is 0 Å². The van der Waals surface area contributed by atoms with Gasteiger partial charge in [0.05, 0.1) is 11.8 Å². The van der Waals surface area contributed by atoms with Crippen molar-refractivity contribution >= 4 is 5.78 Å². The number of rotatable bonds is 5. The van der Waals surface area contributed by atoms with Gasteiger partial charge in [0.25, 0.3) is 0 Å². The quantitative estimate of drug-likeness (QED) is 0.755. The largest absolute Gasteiger partial charge is 0.370 e. The lowest BCUT2D eigenvalue weighted by atomic mass is 9.80. The topological polar surface area (TPSA) is 44.1 Å². The Morgan fingerprint density at radius 3 is 2.78 bits per heavy atom. The predicted molar refractivity (Wildman–Crippen MR) is 69.7 cm³/mol. The van der Waals surface area contributed by atoms with Gasteiger partial charge in [-0.1, -0.05) is 26.2 Å². The van der Waals surface area contributed by atoms with Crippen LogP contribution in [0.25, 0.3) is 0 Å². The molecule has 0 unspecified atom stereocenters. The zero-order valence-electron chi connectivity index (χ0n) is 11.3. The average molecular weight is 250 g/mol. The van der Waals surface area contributed by atoms with Gasteiger partial charge in [-0.15, -0.1) is 0 Å². The van der Waals surface area contributed by atoms with E-state index >= 15 is 0 Å². The summed E-state index contributed by atoms with van der Waals surface area (Å²) in [5.74, 6) is 0.104. The second-order valence-corrected chi connectivity index (χ2v) is 5.08. The summed E-state index contributed by atoms with van der Waals surface area (Å²) in [6.45, 7) is 2.95. The summed E-state index contributed by atoms with van der Waals surface area (Å²) in [5.41, 5.74) is 0.0883. The van der Waals surface area contributed by atoms with Gasteiger partial charge in [-0.3, -0.25) is 9.48 Å². The number of nitrogens with zero attached hydrogens (tertiary/aromatic N) is 2. The molecule has 0 spiro atoms. The molecule has 1 aliphatic carbocycles. The minimum atomic E-state index is -0.599. The maximum atomic E-state index is 12.6. The molecule has 0 radical (unpaired) electrons. The first-order valence-corrected chi connectivity index (χ1v) is 6.84. The molecule has 1 aromatic rings. The van der Waals surface area contributed by atoms with Gasteiger partial charge in [0.2, 0.25) is 0 Å². The highest BCUT2D eigenvalue weighted by Crippen LogP contribution is 2.34. The molecule has 0 aromatic carbocycles. The minimum Gasteiger partial charge on any atom is -0.370 e. The Morgan fingerprint density at radius 2 is 2.17 bits per heavy atom. The van der Waals surface area contributed by atoms with Crippen LogP contribution in [0.4, 0.5) is 0 Å². The van der Waals surface area contributed by atoms with Crippen molar-refractivity contribution in [3.63, 3.8) is 0 Å². The number of hydrogen-bond donors (Lipinski definition) is 0. The molecular weight excluding hydrogens is 228 g/mol. The van der Waals surface area contributed by atoms with Crippen molar-refractivity contribution in [3.05, 3.63) is 18.0 Å². The van der Waals surface area contributed by atoms with Crippen LogP contribution in [0, 0.1) is 0 Å². The van der Waals surface area contributed by atoms with Gasteiger partial charge >= 0.3 is 0 Å². The molecule has 4 heteroatoms. The first-order chi connectivity index (χ1) is 8.72. The minimum absolute atomic E-state index is 0.104. The zero-order valence-corrected chi connectivity index (χ0v) is 11.3. The van der Waals surface area contributed by atoms with E-state index in [-0.39, 0.29) is 5.78 Å². The van der Waals surface area contributed by atoms with Crippen molar-refractivity contribution in [2.24, 2.45) is 0 Å². The molecule has 4 nitrogen and oxygen atoms in total. The Morgan fingerprint density at radius 1 is 1.44 bits per heavy atom. The molecule has 0 aliphatic heterocycles. The average Bonchev–Trinajstić information content (AvgIpc) is 2.87. The number of Topliss-reactive ketones (excluding diaryl/α,β-unsaturated/α-hetero) is 1. The summed E-state index contributed by atoms with van der Waals surface area (Å²) >= 11 is 0. The van der Waals surface area contributed by atoms with Crippen LogP contribution < -0.4 is 0 Å². The SMILES string of the molecule is CCCn1cc(C(=O)C2(OC)CCCCC2)cn1. The lowest BCUT2D eigenvalue weighted by Crippen LogP contribution is -2.42. The van der Waals surface area contributed by atoms with Crippen LogP contribution in [0.15, 0.2) is 12.4 Å². The number of methoxy groups -OCH3 is 1. The summed E-state index contributed by atoms with van der Waals surface area (Å²) in [5, 5.41) is 4.23. The number of carbonyl (C=O) groups is 1. The van der Waals surface area contributed by atoms with Crippen LogP contribution in [-0.2, 0) is 11.3 Å². The van der Waals surface area contributed by atoms with Crippen LogP contribution >= 0.6 is 0 Å². The summed E-state index contributed by atoms with van der Waals surface area (Å²) in [6, 6.07) is 0. The normalized spacial score (nSPS) is 18.8. The van der Waals surface area contributed by atoms with E-state index in [0.29, 0.717) is 5.56 Å².